The third-order valence-corrected chi connectivity index (χ3v) is 5.11. The van der Waals surface area contributed by atoms with E-state index in [-0.39, 0.29) is 0 Å². The first-order chi connectivity index (χ1) is 15.4. The highest BCUT2D eigenvalue weighted by Gasteiger charge is 2.10. The number of benzene rings is 2. The highest BCUT2D eigenvalue weighted by molar-refractivity contribution is 6.35. The normalized spacial score (nSPS) is 13.1. The summed E-state index contributed by atoms with van der Waals surface area (Å²) in [4.78, 5) is 25.0. The molecule has 10 heteroatoms. The minimum absolute atomic E-state index is 0.339. The molecule has 2 amide bonds. The van der Waals surface area contributed by atoms with Crippen molar-refractivity contribution in [1.82, 2.24) is 14.9 Å². The number of halogens is 2. The van der Waals surface area contributed by atoms with Crippen LogP contribution in [0.15, 0.2) is 67.3 Å². The fraction of sp³-hybridized carbons (Fsp3) is 0.136. The summed E-state index contributed by atoms with van der Waals surface area (Å²) in [7, 11) is 2.05. The number of amides is 2. The minimum atomic E-state index is -0.475. The van der Waals surface area contributed by atoms with Gasteiger partial charge in [-0.05, 0) is 36.4 Å². The van der Waals surface area contributed by atoms with Crippen LogP contribution in [-0.4, -0.2) is 41.0 Å². The second kappa shape index (κ2) is 9.76. The maximum Gasteiger partial charge on any atom is 0.324 e. The Morgan fingerprint density at radius 3 is 2.44 bits per heavy atom. The topological polar surface area (TPSA) is 85.4 Å². The van der Waals surface area contributed by atoms with Crippen molar-refractivity contribution in [2.45, 2.75) is 0 Å². The van der Waals surface area contributed by atoms with Gasteiger partial charge in [-0.25, -0.2) is 14.8 Å². The molecule has 0 radical (unpaired) electrons. The van der Waals surface area contributed by atoms with Crippen molar-refractivity contribution in [3.63, 3.8) is 0 Å². The zero-order valence-corrected chi connectivity index (χ0v) is 18.7. The number of aromatic nitrogens is 2. The van der Waals surface area contributed by atoms with Crippen LogP contribution in [0, 0.1) is 0 Å². The first-order valence-corrected chi connectivity index (χ1v) is 10.6. The standard InChI is InChI=1S/C22H21Cl2N7O/c1-30-5-7-31(8-6-30)19-4-2-3-17(12-19)27-20-13-21(26-14-25-20)29-22(32)28-18-10-15(23)9-16(24)11-18/h2-5,7,9-14H,6,8H2,1H3,(H3,25,26,27,28,29,32). The average Bonchev–Trinajstić information content (AvgIpc) is 2.74. The Bertz CT molecular complexity index is 1130. The molecule has 8 nitrogen and oxygen atoms in total. The first-order valence-electron chi connectivity index (χ1n) is 9.83. The average molecular weight is 470 g/mol. The number of carbonyl (C=O) groups is 1. The molecule has 164 valence electrons. The monoisotopic (exact) mass is 469 g/mol. The third kappa shape index (κ3) is 5.81. The lowest BCUT2D eigenvalue weighted by atomic mass is 10.2. The van der Waals surface area contributed by atoms with Gasteiger partial charge in [-0.3, -0.25) is 5.32 Å². The van der Waals surface area contributed by atoms with Crippen molar-refractivity contribution in [1.29, 1.82) is 0 Å². The molecule has 0 aliphatic carbocycles. The van der Waals surface area contributed by atoms with E-state index in [2.05, 4.69) is 55.0 Å². The number of carbonyl (C=O) groups excluding carboxylic acids is 1. The number of rotatable bonds is 5. The van der Waals surface area contributed by atoms with Gasteiger partial charge in [0.2, 0.25) is 0 Å². The molecule has 0 atom stereocenters. The Morgan fingerprint density at radius 2 is 1.69 bits per heavy atom. The van der Waals surface area contributed by atoms with Gasteiger partial charge in [0.15, 0.2) is 0 Å². The van der Waals surface area contributed by atoms with Crippen LogP contribution < -0.4 is 20.9 Å². The summed E-state index contributed by atoms with van der Waals surface area (Å²) in [5.74, 6) is 0.887. The van der Waals surface area contributed by atoms with Crippen molar-refractivity contribution in [3.8, 4) is 0 Å². The van der Waals surface area contributed by atoms with E-state index in [1.54, 1.807) is 24.3 Å². The highest BCUT2D eigenvalue weighted by atomic mass is 35.5. The van der Waals surface area contributed by atoms with Crippen LogP contribution in [0.25, 0.3) is 0 Å². The number of urea groups is 1. The molecule has 1 aliphatic heterocycles. The van der Waals surface area contributed by atoms with Gasteiger partial charge in [-0.1, -0.05) is 29.3 Å². The molecule has 32 heavy (non-hydrogen) atoms. The summed E-state index contributed by atoms with van der Waals surface area (Å²) in [5, 5.41) is 9.45. The largest absolute Gasteiger partial charge is 0.377 e. The molecule has 3 N–H and O–H groups in total. The van der Waals surface area contributed by atoms with Crippen molar-refractivity contribution < 1.29 is 4.79 Å². The van der Waals surface area contributed by atoms with Crippen LogP contribution in [0.1, 0.15) is 0 Å². The lowest BCUT2D eigenvalue weighted by Gasteiger charge is -2.29. The van der Waals surface area contributed by atoms with E-state index >= 15 is 0 Å². The van der Waals surface area contributed by atoms with E-state index in [0.717, 1.165) is 24.5 Å². The van der Waals surface area contributed by atoms with Gasteiger partial charge in [0.1, 0.15) is 18.0 Å². The molecule has 3 aromatic rings. The fourth-order valence-electron chi connectivity index (χ4n) is 3.13. The van der Waals surface area contributed by atoms with Crippen LogP contribution >= 0.6 is 23.2 Å². The fourth-order valence-corrected chi connectivity index (χ4v) is 3.66. The second-order valence-corrected chi connectivity index (χ2v) is 8.05. The molecular weight excluding hydrogens is 449 g/mol. The quantitative estimate of drug-likeness (QED) is 0.464. The minimum Gasteiger partial charge on any atom is -0.377 e. The smallest absolute Gasteiger partial charge is 0.324 e. The van der Waals surface area contributed by atoms with Gasteiger partial charge in [-0.2, -0.15) is 0 Å². The van der Waals surface area contributed by atoms with Crippen LogP contribution in [0.2, 0.25) is 10.0 Å². The second-order valence-electron chi connectivity index (χ2n) is 7.17. The molecular formula is C22H21Cl2N7O. The van der Waals surface area contributed by atoms with Crippen LogP contribution in [-0.2, 0) is 0 Å². The Hall–Kier alpha value is -3.49. The van der Waals surface area contributed by atoms with Gasteiger partial charge < -0.3 is 20.4 Å². The molecule has 1 aliphatic rings. The summed E-state index contributed by atoms with van der Waals surface area (Å²) >= 11 is 11.9. The summed E-state index contributed by atoms with van der Waals surface area (Å²) in [6, 6.07) is 14.0. The Kier molecular flexibility index (Phi) is 6.63. The Morgan fingerprint density at radius 1 is 0.906 bits per heavy atom. The van der Waals surface area contributed by atoms with Crippen LogP contribution in [0.5, 0.6) is 0 Å². The van der Waals surface area contributed by atoms with E-state index in [4.69, 9.17) is 23.2 Å². The molecule has 0 saturated carbocycles. The highest BCUT2D eigenvalue weighted by Crippen LogP contribution is 2.25. The van der Waals surface area contributed by atoms with Gasteiger partial charge in [-0.15, -0.1) is 0 Å². The number of nitrogens with zero attached hydrogens (tertiary/aromatic N) is 4. The van der Waals surface area contributed by atoms with Crippen molar-refractivity contribution in [3.05, 3.63) is 77.3 Å². The van der Waals surface area contributed by atoms with E-state index in [1.165, 1.54) is 6.33 Å². The summed E-state index contributed by atoms with van der Waals surface area (Å²) < 4.78 is 0. The summed E-state index contributed by atoms with van der Waals surface area (Å²) in [6.07, 6.45) is 5.48. The SMILES string of the molecule is CN1C=CN(c2cccc(Nc3cc(NC(=O)Nc4cc(Cl)cc(Cl)c4)ncn3)c2)CC1. The number of likely N-dealkylation sites (N-methyl/N-ethyl adjacent to an activating group) is 1. The van der Waals surface area contributed by atoms with E-state index in [1.807, 2.05) is 24.4 Å². The first kappa shape index (κ1) is 21.7. The molecule has 1 aromatic heterocycles. The number of hydrogen-bond donors (Lipinski definition) is 3. The molecule has 2 heterocycles. The molecule has 0 saturated heterocycles. The third-order valence-electron chi connectivity index (χ3n) is 4.67. The van der Waals surface area contributed by atoms with E-state index in [0.29, 0.717) is 27.4 Å². The predicted octanol–water partition coefficient (Wildman–Crippen LogP) is 5.39. The zero-order valence-electron chi connectivity index (χ0n) is 17.2. The Balaban J connectivity index is 1.41. The molecule has 0 fully saturated rings. The van der Waals surface area contributed by atoms with Crippen LogP contribution in [0.4, 0.5) is 33.5 Å². The molecule has 0 unspecified atom stereocenters. The number of anilines is 5. The maximum atomic E-state index is 12.3. The Labute approximate surface area is 195 Å². The van der Waals surface area contributed by atoms with Gasteiger partial charge in [0.25, 0.3) is 0 Å². The number of hydrogen-bond acceptors (Lipinski definition) is 6. The summed E-state index contributed by atoms with van der Waals surface area (Å²) in [5.41, 5.74) is 2.42. The van der Waals surface area contributed by atoms with E-state index < -0.39 is 6.03 Å². The van der Waals surface area contributed by atoms with Crippen LogP contribution in [0.3, 0.4) is 0 Å². The molecule has 0 spiro atoms. The van der Waals surface area contributed by atoms with Crippen molar-refractivity contribution in [2.24, 2.45) is 0 Å². The van der Waals surface area contributed by atoms with Gasteiger partial charge in [0, 0.05) is 65.7 Å². The number of nitrogens with one attached hydrogen (secondary N) is 3. The van der Waals surface area contributed by atoms with Gasteiger partial charge >= 0.3 is 6.03 Å². The van der Waals surface area contributed by atoms with E-state index in [9.17, 15) is 4.79 Å². The summed E-state index contributed by atoms with van der Waals surface area (Å²) in [6.45, 7) is 1.86. The maximum absolute atomic E-state index is 12.3. The van der Waals surface area contributed by atoms with Crippen molar-refractivity contribution >= 4 is 57.9 Å². The molecule has 2 aromatic carbocycles. The zero-order chi connectivity index (χ0) is 22.5. The molecule has 0 bridgehead atoms. The predicted molar refractivity (Wildman–Crippen MR) is 130 cm³/mol. The lowest BCUT2D eigenvalue weighted by molar-refractivity contribution is 0.262. The van der Waals surface area contributed by atoms with Crippen molar-refractivity contribution in [2.75, 3.05) is 41.0 Å². The van der Waals surface area contributed by atoms with Gasteiger partial charge in [0.05, 0.1) is 0 Å². The molecule has 4 rings (SSSR count). The lowest BCUT2D eigenvalue weighted by Crippen LogP contribution is -2.32.